The number of hydrogen-bond donors (Lipinski definition) is 1. The van der Waals surface area contributed by atoms with Crippen molar-refractivity contribution in [3.63, 3.8) is 0 Å². The van der Waals surface area contributed by atoms with E-state index in [1.165, 1.54) is 0 Å². The molecule has 1 saturated heterocycles. The minimum atomic E-state index is -0.00791. The van der Waals surface area contributed by atoms with E-state index in [0.29, 0.717) is 17.4 Å². The highest BCUT2D eigenvalue weighted by atomic mass is 35.5. The third-order valence-electron chi connectivity index (χ3n) is 7.73. The van der Waals surface area contributed by atoms with Gasteiger partial charge in [0.2, 0.25) is 0 Å². The molecule has 1 N–H and O–H groups in total. The van der Waals surface area contributed by atoms with Crippen LogP contribution in [0.25, 0.3) is 0 Å². The third-order valence-corrected chi connectivity index (χ3v) is 7.98. The molecule has 0 aromatic heterocycles. The maximum Gasteiger partial charge on any atom is 0.251 e. The molecular weight excluding hydrogens is 522 g/mol. The maximum atomic E-state index is 13.3. The number of ketones is 1. The summed E-state index contributed by atoms with van der Waals surface area (Å²) in [6.45, 7) is 5.79. The van der Waals surface area contributed by atoms with Gasteiger partial charge in [0, 0.05) is 54.1 Å². The molecule has 0 bridgehead atoms. The lowest BCUT2D eigenvalue weighted by Crippen LogP contribution is -2.38. The van der Waals surface area contributed by atoms with Gasteiger partial charge in [-0.3, -0.25) is 9.59 Å². The number of benzene rings is 2. The van der Waals surface area contributed by atoms with Crippen molar-refractivity contribution in [2.24, 2.45) is 0 Å². The summed E-state index contributed by atoms with van der Waals surface area (Å²) in [4.78, 5) is 29.6. The fourth-order valence-electron chi connectivity index (χ4n) is 5.56. The molecule has 1 unspecified atom stereocenters. The normalized spacial score (nSPS) is 18.6. The topological polar surface area (TPSA) is 61.9 Å². The Morgan fingerprint density at radius 2 is 1.88 bits per heavy atom. The Hall–Kier alpha value is -3.61. The van der Waals surface area contributed by atoms with Crippen molar-refractivity contribution in [1.29, 1.82) is 0 Å². The van der Waals surface area contributed by atoms with Crippen molar-refractivity contribution in [3.8, 4) is 0 Å². The number of piperidine rings is 1. The van der Waals surface area contributed by atoms with Gasteiger partial charge in [0.25, 0.3) is 5.91 Å². The fourth-order valence-corrected chi connectivity index (χ4v) is 5.69. The van der Waals surface area contributed by atoms with Crippen molar-refractivity contribution in [3.05, 3.63) is 118 Å². The summed E-state index contributed by atoms with van der Waals surface area (Å²) >= 11 is 6.00. The molecular formula is C33H36ClN3O3. The molecule has 7 heteroatoms. The van der Waals surface area contributed by atoms with E-state index in [4.69, 9.17) is 16.3 Å². The molecule has 2 aliphatic heterocycles. The molecule has 2 heterocycles. The van der Waals surface area contributed by atoms with Crippen LogP contribution in [0.1, 0.15) is 53.6 Å². The summed E-state index contributed by atoms with van der Waals surface area (Å²) in [6.07, 6.45) is 14.1. The van der Waals surface area contributed by atoms with Gasteiger partial charge in [0.15, 0.2) is 5.78 Å². The van der Waals surface area contributed by atoms with E-state index in [0.717, 1.165) is 73.5 Å². The zero-order chi connectivity index (χ0) is 27.9. The molecule has 208 valence electrons. The van der Waals surface area contributed by atoms with E-state index in [1.54, 1.807) is 18.4 Å². The molecule has 40 heavy (non-hydrogen) atoms. The molecule has 0 radical (unpaired) electrons. The van der Waals surface area contributed by atoms with Crippen LogP contribution in [-0.4, -0.2) is 53.7 Å². The van der Waals surface area contributed by atoms with E-state index < -0.39 is 0 Å². The lowest BCUT2D eigenvalue weighted by Gasteiger charge is -2.34. The van der Waals surface area contributed by atoms with Crippen molar-refractivity contribution < 1.29 is 14.3 Å². The zero-order valence-corrected chi connectivity index (χ0v) is 23.6. The summed E-state index contributed by atoms with van der Waals surface area (Å²) in [5.41, 5.74) is 3.98. The standard InChI is InChI=1S/C33H36ClN3O3/c1-24(21-25-9-11-28(34)12-10-25)35-33(39)31-8-3-2-7-30(31)26-13-15-36(16-14-26)17-18-37-19-20-40-32(23-37)27-5-4-6-29(38)22-27/h2-12,19-20,23-24,26H,13-18,21-22H2,1H3,(H,35,39). The minimum absolute atomic E-state index is 0.00791. The minimum Gasteiger partial charge on any atom is -0.462 e. The number of likely N-dealkylation sites (tertiary alicyclic amines) is 1. The Morgan fingerprint density at radius 3 is 2.65 bits per heavy atom. The van der Waals surface area contributed by atoms with Crippen molar-refractivity contribution >= 4 is 23.3 Å². The molecule has 1 fully saturated rings. The molecule has 6 nitrogen and oxygen atoms in total. The van der Waals surface area contributed by atoms with Crippen LogP contribution in [0.3, 0.4) is 0 Å². The van der Waals surface area contributed by atoms with Gasteiger partial charge in [-0.2, -0.15) is 0 Å². The average Bonchev–Trinajstić information content (AvgIpc) is 2.98. The molecule has 0 saturated carbocycles. The van der Waals surface area contributed by atoms with Crippen molar-refractivity contribution in [2.45, 2.75) is 44.6 Å². The van der Waals surface area contributed by atoms with Crippen LogP contribution in [0.4, 0.5) is 0 Å². The van der Waals surface area contributed by atoms with Crippen LogP contribution in [0, 0.1) is 0 Å². The summed E-state index contributed by atoms with van der Waals surface area (Å²) in [5.74, 6) is 1.18. The van der Waals surface area contributed by atoms with Gasteiger partial charge in [0.1, 0.15) is 12.0 Å². The highest BCUT2D eigenvalue weighted by molar-refractivity contribution is 6.30. The molecule has 2 aromatic rings. The Kier molecular flexibility index (Phi) is 9.19. The second-order valence-electron chi connectivity index (χ2n) is 10.7. The number of nitrogens with one attached hydrogen (secondary N) is 1. The number of allylic oxidation sites excluding steroid dienone is 4. The van der Waals surface area contributed by atoms with Gasteiger partial charge in [-0.05, 0) is 80.6 Å². The second kappa shape index (κ2) is 13.2. The molecule has 1 aliphatic carbocycles. The monoisotopic (exact) mass is 557 g/mol. The largest absolute Gasteiger partial charge is 0.462 e. The quantitative estimate of drug-likeness (QED) is 0.411. The molecule has 1 amide bonds. The highest BCUT2D eigenvalue weighted by Gasteiger charge is 2.25. The molecule has 3 aliphatic rings. The van der Waals surface area contributed by atoms with Crippen LogP contribution >= 0.6 is 11.6 Å². The van der Waals surface area contributed by atoms with E-state index in [1.807, 2.05) is 67.9 Å². The first-order valence-corrected chi connectivity index (χ1v) is 14.4. The Bertz CT molecular complexity index is 1340. The first kappa shape index (κ1) is 27.9. The number of carbonyl (C=O) groups is 2. The van der Waals surface area contributed by atoms with Crippen molar-refractivity contribution in [1.82, 2.24) is 15.1 Å². The fraction of sp³-hybridized carbons (Fsp3) is 0.333. The number of nitrogens with zero attached hydrogens (tertiary/aromatic N) is 2. The van der Waals surface area contributed by atoms with E-state index in [-0.39, 0.29) is 17.7 Å². The summed E-state index contributed by atoms with van der Waals surface area (Å²) in [5, 5.41) is 3.91. The number of carbonyl (C=O) groups excluding carboxylic acids is 2. The van der Waals surface area contributed by atoms with E-state index in [9.17, 15) is 9.59 Å². The second-order valence-corrected chi connectivity index (χ2v) is 11.2. The summed E-state index contributed by atoms with van der Waals surface area (Å²) in [6, 6.07) is 15.8. The number of halogens is 1. The smallest absolute Gasteiger partial charge is 0.251 e. The van der Waals surface area contributed by atoms with Gasteiger partial charge < -0.3 is 19.9 Å². The molecule has 1 atom stereocenters. The van der Waals surface area contributed by atoms with Crippen LogP contribution in [0.5, 0.6) is 0 Å². The van der Waals surface area contributed by atoms with Gasteiger partial charge in [-0.15, -0.1) is 0 Å². The van der Waals surface area contributed by atoms with Crippen LogP contribution in [-0.2, 0) is 16.0 Å². The van der Waals surface area contributed by atoms with Crippen LogP contribution < -0.4 is 5.32 Å². The predicted molar refractivity (Wildman–Crippen MR) is 159 cm³/mol. The highest BCUT2D eigenvalue weighted by Crippen LogP contribution is 2.31. The molecule has 5 rings (SSSR count). The van der Waals surface area contributed by atoms with E-state index in [2.05, 4.69) is 21.2 Å². The van der Waals surface area contributed by atoms with E-state index >= 15 is 0 Å². The Morgan fingerprint density at radius 1 is 1.10 bits per heavy atom. The number of ether oxygens (including phenoxy) is 1. The third kappa shape index (κ3) is 7.32. The maximum absolute atomic E-state index is 13.3. The molecule has 2 aromatic carbocycles. The lowest BCUT2D eigenvalue weighted by molar-refractivity contribution is -0.114. The summed E-state index contributed by atoms with van der Waals surface area (Å²) < 4.78 is 5.67. The van der Waals surface area contributed by atoms with Crippen LogP contribution in [0.15, 0.2) is 96.8 Å². The Balaban J connectivity index is 1.12. The Labute approximate surface area is 241 Å². The average molecular weight is 558 g/mol. The molecule has 0 spiro atoms. The number of rotatable bonds is 9. The van der Waals surface area contributed by atoms with Gasteiger partial charge >= 0.3 is 0 Å². The van der Waals surface area contributed by atoms with Gasteiger partial charge in [0.05, 0.1) is 0 Å². The lowest BCUT2D eigenvalue weighted by atomic mass is 9.86. The SMILES string of the molecule is CC(Cc1ccc(Cl)cc1)NC(=O)c1ccccc1C1CCN(CCN2C=COC(C3=CC=CC(=O)C3)=C2)CC1. The number of amides is 1. The van der Waals surface area contributed by atoms with Gasteiger partial charge in [-0.25, -0.2) is 0 Å². The van der Waals surface area contributed by atoms with Crippen LogP contribution in [0.2, 0.25) is 5.02 Å². The first-order chi connectivity index (χ1) is 19.4. The number of hydrogen-bond acceptors (Lipinski definition) is 5. The predicted octanol–water partition coefficient (Wildman–Crippen LogP) is 5.98. The first-order valence-electron chi connectivity index (χ1n) is 14.0. The zero-order valence-electron chi connectivity index (χ0n) is 22.9. The van der Waals surface area contributed by atoms with Crippen molar-refractivity contribution in [2.75, 3.05) is 26.2 Å². The summed E-state index contributed by atoms with van der Waals surface area (Å²) in [7, 11) is 0. The van der Waals surface area contributed by atoms with Gasteiger partial charge in [-0.1, -0.05) is 54.1 Å².